The van der Waals surface area contributed by atoms with Crippen LogP contribution in [-0.4, -0.2) is 12.1 Å². The molecule has 0 fully saturated rings. The van der Waals surface area contributed by atoms with Crippen molar-refractivity contribution in [2.75, 3.05) is 0 Å². The third-order valence-electron chi connectivity index (χ3n) is 2.43. The van der Waals surface area contributed by atoms with E-state index in [1.165, 1.54) is 0 Å². The smallest absolute Gasteiger partial charge is 0.319 e. The van der Waals surface area contributed by atoms with Gasteiger partial charge in [0.2, 0.25) is 0 Å². The summed E-state index contributed by atoms with van der Waals surface area (Å²) in [4.78, 5) is 0. The average molecular weight is 328 g/mol. The fourth-order valence-electron chi connectivity index (χ4n) is 1.33. The first-order valence-electron chi connectivity index (χ1n) is 4.85. The molecule has 1 atom stereocenters. The summed E-state index contributed by atoms with van der Waals surface area (Å²) < 4.78 is 99.7. The average Bonchev–Trinajstić information content (AvgIpc) is 2.25. The van der Waals surface area contributed by atoms with Gasteiger partial charge in [-0.05, 0) is 23.8 Å². The maximum atomic E-state index is 13.0. The quantitative estimate of drug-likeness (QED) is 0.792. The summed E-state index contributed by atoms with van der Waals surface area (Å²) in [7, 11) is 0. The Morgan fingerprint density at radius 1 is 0.950 bits per heavy atom. The van der Waals surface area contributed by atoms with Gasteiger partial charge in [-0.15, -0.1) is 0 Å². The molecule has 0 unspecified atom stereocenters. The summed E-state index contributed by atoms with van der Waals surface area (Å²) in [6.07, 6.45) is -10.9. The molecule has 0 aromatic heterocycles. The van der Waals surface area contributed by atoms with E-state index < -0.39 is 40.5 Å². The van der Waals surface area contributed by atoms with Gasteiger partial charge in [-0.3, -0.25) is 0 Å². The number of alkyl halides is 8. The molecule has 0 spiro atoms. The normalized spacial score (nSPS) is 15.3. The Balaban J connectivity index is 3.33. The van der Waals surface area contributed by atoms with E-state index in [9.17, 15) is 35.1 Å². The van der Waals surface area contributed by atoms with Crippen molar-refractivity contribution in [3.05, 3.63) is 34.3 Å². The molecule has 0 amide bonds. The molecule has 20 heavy (non-hydrogen) atoms. The second-order valence-electron chi connectivity index (χ2n) is 3.83. The van der Waals surface area contributed by atoms with E-state index in [2.05, 4.69) is 0 Å². The summed E-state index contributed by atoms with van der Waals surface area (Å²) in [5.74, 6) is -5.42. The van der Waals surface area contributed by atoms with Crippen molar-refractivity contribution in [3.8, 4) is 0 Å². The topological polar surface area (TPSA) is 26.0 Å². The van der Waals surface area contributed by atoms with Crippen LogP contribution in [0.15, 0.2) is 18.2 Å². The van der Waals surface area contributed by atoms with Crippen molar-refractivity contribution >= 4 is 11.6 Å². The molecule has 0 aliphatic carbocycles. The van der Waals surface area contributed by atoms with Crippen LogP contribution in [0.2, 0.25) is 5.02 Å². The van der Waals surface area contributed by atoms with Gasteiger partial charge in [0.15, 0.2) is 0 Å². The van der Waals surface area contributed by atoms with E-state index in [1.807, 2.05) is 0 Å². The molecule has 0 radical (unpaired) electrons. The zero-order valence-electron chi connectivity index (χ0n) is 9.29. The first-order chi connectivity index (χ1) is 8.78. The first-order valence-corrected chi connectivity index (χ1v) is 5.23. The summed E-state index contributed by atoms with van der Waals surface area (Å²) >= 11 is 5.35. The highest BCUT2D eigenvalue weighted by Gasteiger charge is 2.62. The second kappa shape index (κ2) is 5.03. The number of halogens is 9. The predicted molar refractivity (Wildman–Crippen MR) is 54.4 cm³/mol. The zero-order valence-corrected chi connectivity index (χ0v) is 10.0. The van der Waals surface area contributed by atoms with Gasteiger partial charge < -0.3 is 5.73 Å². The molecular formula is C10H6ClF8N. The Labute approximate surface area is 112 Å². The van der Waals surface area contributed by atoms with Gasteiger partial charge in [0.1, 0.15) is 6.04 Å². The van der Waals surface area contributed by atoms with Crippen molar-refractivity contribution in [2.45, 2.75) is 24.3 Å². The van der Waals surface area contributed by atoms with Crippen LogP contribution in [0.4, 0.5) is 35.1 Å². The number of nitrogens with two attached hydrogens (primary N) is 1. The molecule has 1 aromatic carbocycles. The van der Waals surface area contributed by atoms with Crippen LogP contribution in [0.3, 0.4) is 0 Å². The minimum absolute atomic E-state index is 0.0760. The fourth-order valence-corrected chi connectivity index (χ4v) is 1.57. The number of rotatable bonds is 2. The molecule has 114 valence electrons. The van der Waals surface area contributed by atoms with E-state index in [-0.39, 0.29) is 6.07 Å². The van der Waals surface area contributed by atoms with Gasteiger partial charge in [0.05, 0.1) is 5.56 Å². The van der Waals surface area contributed by atoms with Gasteiger partial charge in [-0.2, -0.15) is 35.1 Å². The Bertz CT molecular complexity index is 493. The van der Waals surface area contributed by atoms with Crippen molar-refractivity contribution < 1.29 is 35.1 Å². The van der Waals surface area contributed by atoms with Crippen LogP contribution >= 0.6 is 11.6 Å². The standard InChI is InChI=1S/C10H6ClF8N/c11-6-2-1-4(9(14,15)16)3-5(6)7(20)8(12,13)10(17,18)19/h1-3,7H,20H2/t7-/m0/s1. The lowest BCUT2D eigenvalue weighted by molar-refractivity contribution is -0.291. The number of hydrogen-bond donors (Lipinski definition) is 1. The maximum absolute atomic E-state index is 13.0. The molecule has 0 aliphatic heterocycles. The molecule has 0 saturated carbocycles. The molecule has 0 aliphatic rings. The predicted octanol–water partition coefficient (Wildman–Crippen LogP) is 4.56. The Morgan fingerprint density at radius 3 is 1.85 bits per heavy atom. The zero-order chi connectivity index (χ0) is 15.9. The van der Waals surface area contributed by atoms with E-state index in [0.29, 0.717) is 12.1 Å². The van der Waals surface area contributed by atoms with Gasteiger partial charge in [-0.1, -0.05) is 11.6 Å². The molecule has 2 N–H and O–H groups in total. The van der Waals surface area contributed by atoms with Crippen LogP contribution in [0, 0.1) is 0 Å². The minimum Gasteiger partial charge on any atom is -0.319 e. The molecule has 1 rings (SSSR count). The fraction of sp³-hybridized carbons (Fsp3) is 0.400. The molecule has 1 aromatic rings. The molecule has 0 bridgehead atoms. The molecular weight excluding hydrogens is 322 g/mol. The Hall–Kier alpha value is -1.09. The summed E-state index contributed by atoms with van der Waals surface area (Å²) in [6.45, 7) is 0. The summed E-state index contributed by atoms with van der Waals surface area (Å²) in [5.41, 5.74) is 2.19. The van der Waals surface area contributed by atoms with Crippen LogP contribution in [0.1, 0.15) is 17.2 Å². The Morgan fingerprint density at radius 2 is 1.45 bits per heavy atom. The molecule has 0 saturated heterocycles. The third kappa shape index (κ3) is 3.14. The summed E-state index contributed by atoms with van der Waals surface area (Å²) in [5, 5.41) is -0.713. The first kappa shape index (κ1) is 17.0. The molecule has 0 heterocycles. The lowest BCUT2D eigenvalue weighted by Crippen LogP contribution is -2.46. The van der Waals surface area contributed by atoms with Crippen molar-refractivity contribution in [1.29, 1.82) is 0 Å². The highest BCUT2D eigenvalue weighted by atomic mass is 35.5. The SMILES string of the molecule is N[C@@H](c1cc(C(F)(F)F)ccc1Cl)C(F)(F)C(F)(F)F. The van der Waals surface area contributed by atoms with E-state index in [0.717, 1.165) is 0 Å². The monoisotopic (exact) mass is 327 g/mol. The van der Waals surface area contributed by atoms with E-state index in [1.54, 1.807) is 0 Å². The largest absolute Gasteiger partial charge is 0.455 e. The van der Waals surface area contributed by atoms with Gasteiger partial charge >= 0.3 is 18.3 Å². The highest BCUT2D eigenvalue weighted by molar-refractivity contribution is 6.31. The highest BCUT2D eigenvalue weighted by Crippen LogP contribution is 2.45. The number of hydrogen-bond acceptors (Lipinski definition) is 1. The van der Waals surface area contributed by atoms with Gasteiger partial charge in [0.25, 0.3) is 0 Å². The van der Waals surface area contributed by atoms with E-state index >= 15 is 0 Å². The third-order valence-corrected chi connectivity index (χ3v) is 2.77. The lowest BCUT2D eigenvalue weighted by Gasteiger charge is -2.27. The lowest BCUT2D eigenvalue weighted by atomic mass is 9.98. The maximum Gasteiger partial charge on any atom is 0.455 e. The van der Waals surface area contributed by atoms with Gasteiger partial charge in [-0.25, -0.2) is 0 Å². The van der Waals surface area contributed by atoms with E-state index in [4.69, 9.17) is 17.3 Å². The van der Waals surface area contributed by atoms with Crippen LogP contribution in [0.25, 0.3) is 0 Å². The van der Waals surface area contributed by atoms with Crippen molar-refractivity contribution in [2.24, 2.45) is 5.73 Å². The minimum atomic E-state index is -6.01. The van der Waals surface area contributed by atoms with Crippen molar-refractivity contribution in [1.82, 2.24) is 0 Å². The van der Waals surface area contributed by atoms with Crippen molar-refractivity contribution in [3.63, 3.8) is 0 Å². The summed E-state index contributed by atoms with van der Waals surface area (Å²) in [6, 6.07) is -1.96. The second-order valence-corrected chi connectivity index (χ2v) is 4.24. The van der Waals surface area contributed by atoms with Crippen LogP contribution in [0.5, 0.6) is 0 Å². The van der Waals surface area contributed by atoms with Gasteiger partial charge in [0, 0.05) is 5.02 Å². The van der Waals surface area contributed by atoms with Crippen LogP contribution in [-0.2, 0) is 6.18 Å². The molecule has 10 heteroatoms. The van der Waals surface area contributed by atoms with Crippen LogP contribution < -0.4 is 5.73 Å². The number of benzene rings is 1. The molecule has 1 nitrogen and oxygen atoms in total. The Kier molecular flexibility index (Phi) is 4.27.